The summed E-state index contributed by atoms with van der Waals surface area (Å²) in [6.45, 7) is 4.40. The first-order chi connectivity index (χ1) is 13.4. The van der Waals surface area contributed by atoms with Crippen LogP contribution in [-0.4, -0.2) is 53.9 Å². The van der Waals surface area contributed by atoms with E-state index in [1.165, 1.54) is 12.8 Å². The van der Waals surface area contributed by atoms with Gasteiger partial charge in [-0.15, -0.1) is 11.6 Å². The first-order valence-corrected chi connectivity index (χ1v) is 10.9. The second-order valence-corrected chi connectivity index (χ2v) is 9.63. The number of halogens is 2. The SMILES string of the molecule is CC(C)[C@@H](Nc1nc(Cl)nc2c1ncn2[C@H]1[C@H](O)[C@H](O)[C@]2(CCl)C[C@H]12)C1CC1. The standard InChI is InChI=1S/C19H25Cl2N5O2/c1-8(2)11(9-3-4-9)23-16-12-17(25-18(21)24-16)26(7-22-12)13-10-5-19(10,6-20)15(28)14(13)27/h7-11,13-15,27-28H,3-6H2,1-2H3,(H,23,24,25)/t10-,11-,13-,14+,15+,19+/m1/s1. The van der Waals surface area contributed by atoms with Crippen molar-refractivity contribution < 1.29 is 10.2 Å². The lowest BCUT2D eigenvalue weighted by atomic mass is 9.99. The van der Waals surface area contributed by atoms with Crippen molar-refractivity contribution in [1.82, 2.24) is 19.5 Å². The third-order valence-electron chi connectivity index (χ3n) is 6.97. The minimum Gasteiger partial charge on any atom is -0.390 e. The van der Waals surface area contributed by atoms with Gasteiger partial charge in [-0.1, -0.05) is 13.8 Å². The number of nitrogens with zero attached hydrogens (tertiary/aromatic N) is 4. The zero-order valence-electron chi connectivity index (χ0n) is 15.9. The number of aliphatic hydroxyl groups excluding tert-OH is 2. The van der Waals surface area contributed by atoms with E-state index in [2.05, 4.69) is 34.1 Å². The van der Waals surface area contributed by atoms with Crippen LogP contribution in [0.4, 0.5) is 5.82 Å². The fourth-order valence-electron chi connectivity index (χ4n) is 5.16. The van der Waals surface area contributed by atoms with Crippen LogP contribution in [0.5, 0.6) is 0 Å². The number of fused-ring (bicyclic) bond motifs is 2. The minimum atomic E-state index is -0.907. The fraction of sp³-hybridized carbons (Fsp3) is 0.737. The van der Waals surface area contributed by atoms with Gasteiger partial charge in [-0.2, -0.15) is 9.97 Å². The van der Waals surface area contributed by atoms with Gasteiger partial charge in [-0.05, 0) is 48.6 Å². The van der Waals surface area contributed by atoms with Crippen molar-refractivity contribution in [2.24, 2.45) is 23.2 Å². The molecule has 7 nitrogen and oxygen atoms in total. The molecule has 152 valence electrons. The lowest BCUT2D eigenvalue weighted by Crippen LogP contribution is -2.34. The molecule has 3 saturated carbocycles. The second-order valence-electron chi connectivity index (χ2n) is 9.02. The predicted octanol–water partition coefficient (Wildman–Crippen LogP) is 2.85. The summed E-state index contributed by atoms with van der Waals surface area (Å²) in [5.74, 6) is 2.17. The van der Waals surface area contributed by atoms with Crippen LogP contribution in [0.25, 0.3) is 11.2 Å². The third kappa shape index (κ3) is 2.66. The lowest BCUT2D eigenvalue weighted by Gasteiger charge is -2.24. The zero-order chi connectivity index (χ0) is 19.8. The number of imidazole rings is 1. The van der Waals surface area contributed by atoms with Crippen LogP contribution in [0.2, 0.25) is 5.28 Å². The van der Waals surface area contributed by atoms with Crippen LogP contribution in [0.1, 0.15) is 39.2 Å². The van der Waals surface area contributed by atoms with Crippen LogP contribution >= 0.6 is 23.2 Å². The fourth-order valence-corrected chi connectivity index (χ4v) is 5.79. The van der Waals surface area contributed by atoms with Gasteiger partial charge in [0.2, 0.25) is 5.28 Å². The maximum absolute atomic E-state index is 10.7. The molecule has 0 aromatic carbocycles. The summed E-state index contributed by atoms with van der Waals surface area (Å²) in [6, 6.07) is -0.00701. The first-order valence-electron chi connectivity index (χ1n) is 9.96. The predicted molar refractivity (Wildman–Crippen MR) is 108 cm³/mol. The van der Waals surface area contributed by atoms with Gasteiger partial charge >= 0.3 is 0 Å². The molecular weight excluding hydrogens is 401 g/mol. The number of nitrogens with one attached hydrogen (secondary N) is 1. The van der Waals surface area contributed by atoms with Gasteiger partial charge in [0.05, 0.1) is 18.5 Å². The van der Waals surface area contributed by atoms with Crippen molar-refractivity contribution in [1.29, 1.82) is 0 Å². The summed E-state index contributed by atoms with van der Waals surface area (Å²) in [6.07, 6.45) is 3.16. The summed E-state index contributed by atoms with van der Waals surface area (Å²) >= 11 is 12.4. The van der Waals surface area contributed by atoms with Gasteiger partial charge < -0.3 is 20.1 Å². The van der Waals surface area contributed by atoms with E-state index in [0.717, 1.165) is 6.42 Å². The number of anilines is 1. The van der Waals surface area contributed by atoms with E-state index in [-0.39, 0.29) is 17.2 Å². The molecule has 0 saturated heterocycles. The van der Waals surface area contributed by atoms with Crippen LogP contribution in [-0.2, 0) is 0 Å². The van der Waals surface area contributed by atoms with E-state index in [1.807, 2.05) is 4.57 Å². The van der Waals surface area contributed by atoms with E-state index >= 15 is 0 Å². The van der Waals surface area contributed by atoms with Crippen molar-refractivity contribution in [3.8, 4) is 0 Å². The molecule has 2 aromatic heterocycles. The Labute approximate surface area is 173 Å². The summed E-state index contributed by atoms with van der Waals surface area (Å²) in [5.41, 5.74) is 0.810. The summed E-state index contributed by atoms with van der Waals surface area (Å²) < 4.78 is 1.84. The van der Waals surface area contributed by atoms with E-state index in [9.17, 15) is 10.2 Å². The molecule has 0 aliphatic heterocycles. The topological polar surface area (TPSA) is 96.1 Å². The maximum atomic E-state index is 10.7. The molecule has 28 heavy (non-hydrogen) atoms. The summed E-state index contributed by atoms with van der Waals surface area (Å²) in [5, 5.41) is 24.9. The molecule has 0 spiro atoms. The summed E-state index contributed by atoms with van der Waals surface area (Å²) in [7, 11) is 0. The van der Waals surface area contributed by atoms with Crippen LogP contribution in [0.15, 0.2) is 6.33 Å². The van der Waals surface area contributed by atoms with E-state index < -0.39 is 17.6 Å². The third-order valence-corrected chi connectivity index (χ3v) is 7.64. The summed E-state index contributed by atoms with van der Waals surface area (Å²) in [4.78, 5) is 13.4. The molecule has 3 fully saturated rings. The molecule has 2 aromatic rings. The maximum Gasteiger partial charge on any atom is 0.226 e. The molecule has 3 N–H and O–H groups in total. The molecule has 0 radical (unpaired) electrons. The number of hydrogen-bond acceptors (Lipinski definition) is 6. The van der Waals surface area contributed by atoms with Gasteiger partial charge in [-0.25, -0.2) is 4.98 Å². The first kappa shape index (κ1) is 18.9. The Morgan fingerprint density at radius 3 is 2.68 bits per heavy atom. The highest BCUT2D eigenvalue weighted by Crippen LogP contribution is 2.68. The largest absolute Gasteiger partial charge is 0.390 e. The normalized spacial score (nSPS) is 35.4. The molecule has 2 heterocycles. The average molecular weight is 426 g/mol. The van der Waals surface area contributed by atoms with Gasteiger partial charge in [0.1, 0.15) is 6.10 Å². The molecule has 3 aliphatic carbocycles. The van der Waals surface area contributed by atoms with Crippen LogP contribution in [0, 0.1) is 23.2 Å². The van der Waals surface area contributed by atoms with Crippen molar-refractivity contribution >= 4 is 40.2 Å². The van der Waals surface area contributed by atoms with Crippen molar-refractivity contribution in [2.45, 2.75) is 57.4 Å². The Bertz CT molecular complexity index is 915. The van der Waals surface area contributed by atoms with Crippen molar-refractivity contribution in [2.75, 3.05) is 11.2 Å². The highest BCUT2D eigenvalue weighted by molar-refractivity contribution is 6.28. The molecule has 0 unspecified atom stereocenters. The van der Waals surface area contributed by atoms with Crippen molar-refractivity contribution in [3.05, 3.63) is 11.6 Å². The quantitative estimate of drug-likeness (QED) is 0.486. The highest BCUT2D eigenvalue weighted by atomic mass is 35.5. The minimum absolute atomic E-state index is 0.104. The average Bonchev–Trinajstić information content (AvgIpc) is 3.55. The number of aromatic nitrogens is 4. The number of aliphatic hydroxyl groups is 2. The number of rotatable bonds is 6. The van der Waals surface area contributed by atoms with Gasteiger partial charge in [-0.3, -0.25) is 0 Å². The Balaban J connectivity index is 1.54. The Morgan fingerprint density at radius 2 is 2.07 bits per heavy atom. The Kier molecular flexibility index (Phi) is 4.32. The number of hydrogen-bond donors (Lipinski definition) is 3. The van der Waals surface area contributed by atoms with Crippen LogP contribution < -0.4 is 5.32 Å². The van der Waals surface area contributed by atoms with Gasteiger partial charge in [0, 0.05) is 17.3 Å². The highest BCUT2D eigenvalue weighted by Gasteiger charge is 2.71. The zero-order valence-corrected chi connectivity index (χ0v) is 17.4. The molecule has 0 amide bonds. The number of alkyl halides is 1. The molecule has 5 rings (SSSR count). The second kappa shape index (κ2) is 6.42. The molecule has 9 heteroatoms. The van der Waals surface area contributed by atoms with Gasteiger partial charge in [0.15, 0.2) is 17.0 Å². The molecular formula is C19H25Cl2N5O2. The Hall–Kier alpha value is -1.15. The monoisotopic (exact) mass is 425 g/mol. The lowest BCUT2D eigenvalue weighted by molar-refractivity contribution is -0.0129. The van der Waals surface area contributed by atoms with Crippen LogP contribution in [0.3, 0.4) is 0 Å². The van der Waals surface area contributed by atoms with E-state index in [1.54, 1.807) is 6.33 Å². The van der Waals surface area contributed by atoms with E-state index in [4.69, 9.17) is 23.2 Å². The van der Waals surface area contributed by atoms with Crippen molar-refractivity contribution in [3.63, 3.8) is 0 Å². The molecule has 6 atom stereocenters. The Morgan fingerprint density at radius 1 is 1.32 bits per heavy atom. The van der Waals surface area contributed by atoms with E-state index in [0.29, 0.717) is 40.7 Å². The molecule has 0 bridgehead atoms. The smallest absolute Gasteiger partial charge is 0.226 e. The van der Waals surface area contributed by atoms with Gasteiger partial charge in [0.25, 0.3) is 0 Å². The molecule has 3 aliphatic rings.